The maximum Gasteiger partial charge on any atom is 0.227 e. The minimum atomic E-state index is -3.39. The average molecular weight is 465 g/mol. The van der Waals surface area contributed by atoms with E-state index < -0.39 is 10.0 Å². The van der Waals surface area contributed by atoms with Gasteiger partial charge in [-0.15, -0.1) is 0 Å². The van der Waals surface area contributed by atoms with Gasteiger partial charge in [0.15, 0.2) is 0 Å². The van der Waals surface area contributed by atoms with Gasteiger partial charge in [-0.3, -0.25) is 4.79 Å². The van der Waals surface area contributed by atoms with Gasteiger partial charge in [0.05, 0.1) is 5.75 Å². The molecule has 0 aromatic heterocycles. The van der Waals surface area contributed by atoms with Gasteiger partial charge in [0.2, 0.25) is 15.9 Å². The molecule has 150 valence electrons. The minimum Gasteiger partial charge on any atom is -0.326 e. The Bertz CT molecular complexity index is 967. The van der Waals surface area contributed by atoms with Crippen molar-refractivity contribution < 1.29 is 13.2 Å². The molecule has 1 heterocycles. The van der Waals surface area contributed by atoms with Crippen molar-refractivity contribution in [1.82, 2.24) is 4.31 Å². The number of halogens is 1. The van der Waals surface area contributed by atoms with Crippen molar-refractivity contribution in [2.75, 3.05) is 18.4 Å². The van der Waals surface area contributed by atoms with Gasteiger partial charge >= 0.3 is 0 Å². The summed E-state index contributed by atoms with van der Waals surface area (Å²) < 4.78 is 27.8. The Morgan fingerprint density at radius 2 is 1.86 bits per heavy atom. The Labute approximate surface area is 175 Å². The lowest BCUT2D eigenvalue weighted by molar-refractivity contribution is -0.120. The second-order valence-corrected chi connectivity index (χ2v) is 10.3. The normalized spacial score (nSPS) is 16.1. The first-order valence-electron chi connectivity index (χ1n) is 9.35. The van der Waals surface area contributed by atoms with Crippen LogP contribution < -0.4 is 5.32 Å². The second-order valence-electron chi connectivity index (χ2n) is 7.37. The molecule has 0 bridgehead atoms. The quantitative estimate of drug-likeness (QED) is 0.718. The van der Waals surface area contributed by atoms with E-state index in [9.17, 15) is 13.2 Å². The fourth-order valence-corrected chi connectivity index (χ4v) is 5.43. The van der Waals surface area contributed by atoms with Gasteiger partial charge in [-0.2, -0.15) is 0 Å². The monoisotopic (exact) mass is 464 g/mol. The summed E-state index contributed by atoms with van der Waals surface area (Å²) in [6, 6.07) is 13.3. The van der Waals surface area contributed by atoms with Crippen LogP contribution in [0.5, 0.6) is 0 Å². The number of sulfonamides is 1. The number of carbonyl (C=O) groups is 1. The number of aryl methyl sites for hydroxylation is 2. The third-order valence-corrected chi connectivity index (χ3v) is 7.45. The number of amides is 1. The lowest BCUT2D eigenvalue weighted by atomic mass is 9.97. The summed E-state index contributed by atoms with van der Waals surface area (Å²) >= 11 is 3.37. The predicted octanol–water partition coefficient (Wildman–Crippen LogP) is 4.25. The molecule has 5 nitrogen and oxygen atoms in total. The Hall–Kier alpha value is -1.70. The zero-order valence-electron chi connectivity index (χ0n) is 16.1. The largest absolute Gasteiger partial charge is 0.326 e. The van der Waals surface area contributed by atoms with Crippen molar-refractivity contribution in [2.24, 2.45) is 5.92 Å². The van der Waals surface area contributed by atoms with E-state index in [2.05, 4.69) is 21.2 Å². The molecule has 0 unspecified atom stereocenters. The summed E-state index contributed by atoms with van der Waals surface area (Å²) in [5.41, 5.74) is 3.70. The summed E-state index contributed by atoms with van der Waals surface area (Å²) in [5, 5.41) is 3.01. The molecular formula is C21H25BrN2O3S. The van der Waals surface area contributed by atoms with E-state index in [1.807, 2.05) is 56.3 Å². The highest BCUT2D eigenvalue weighted by atomic mass is 79.9. The fraction of sp³-hybridized carbons (Fsp3) is 0.381. The molecule has 0 spiro atoms. The molecule has 0 aliphatic carbocycles. The number of nitrogens with zero attached hydrogens (tertiary/aromatic N) is 1. The van der Waals surface area contributed by atoms with Crippen molar-refractivity contribution >= 4 is 37.5 Å². The van der Waals surface area contributed by atoms with Gasteiger partial charge in [-0.05, 0) is 61.6 Å². The number of rotatable bonds is 5. The van der Waals surface area contributed by atoms with E-state index in [0.717, 1.165) is 26.9 Å². The van der Waals surface area contributed by atoms with E-state index in [4.69, 9.17) is 0 Å². The highest BCUT2D eigenvalue weighted by Gasteiger charge is 2.31. The van der Waals surface area contributed by atoms with Crippen LogP contribution in [-0.4, -0.2) is 31.7 Å². The second kappa shape index (κ2) is 8.76. The van der Waals surface area contributed by atoms with Crippen LogP contribution in [0.25, 0.3) is 0 Å². The molecule has 7 heteroatoms. The lowest BCUT2D eigenvalue weighted by Gasteiger charge is -2.30. The molecule has 0 radical (unpaired) electrons. The van der Waals surface area contributed by atoms with Crippen molar-refractivity contribution in [1.29, 1.82) is 0 Å². The van der Waals surface area contributed by atoms with E-state index >= 15 is 0 Å². The number of anilines is 1. The number of piperidine rings is 1. The number of nitrogens with one attached hydrogen (secondary N) is 1. The Morgan fingerprint density at radius 3 is 2.54 bits per heavy atom. The third kappa shape index (κ3) is 5.21. The van der Waals surface area contributed by atoms with E-state index in [1.54, 1.807) is 0 Å². The van der Waals surface area contributed by atoms with Gasteiger partial charge in [0.1, 0.15) is 0 Å². The van der Waals surface area contributed by atoms with Crippen LogP contribution in [0.3, 0.4) is 0 Å². The van der Waals surface area contributed by atoms with E-state index in [-0.39, 0.29) is 17.6 Å². The van der Waals surface area contributed by atoms with Crippen LogP contribution in [0, 0.1) is 19.8 Å². The molecule has 1 aliphatic heterocycles. The standard InChI is InChI=1S/C21H25BrN2O3S/c1-15-6-7-16(2)20(12-15)23-21(25)18-8-10-24(11-9-18)28(26,27)14-17-4-3-5-19(22)13-17/h3-7,12-13,18H,8-11,14H2,1-2H3,(H,23,25). The first-order valence-corrected chi connectivity index (χ1v) is 11.8. The summed E-state index contributed by atoms with van der Waals surface area (Å²) in [6.07, 6.45) is 1.07. The first kappa shape index (κ1) is 21.0. The van der Waals surface area contributed by atoms with Crippen LogP contribution in [0.2, 0.25) is 0 Å². The van der Waals surface area contributed by atoms with Gasteiger partial charge in [-0.1, -0.05) is 40.2 Å². The summed E-state index contributed by atoms with van der Waals surface area (Å²) in [5.74, 6) is -0.221. The van der Waals surface area contributed by atoms with Crippen LogP contribution >= 0.6 is 15.9 Å². The molecule has 3 rings (SSSR count). The lowest BCUT2D eigenvalue weighted by Crippen LogP contribution is -2.41. The van der Waals surface area contributed by atoms with Crippen LogP contribution in [0.15, 0.2) is 46.9 Å². The molecule has 1 fully saturated rings. The summed E-state index contributed by atoms with van der Waals surface area (Å²) in [6.45, 7) is 4.71. The molecule has 2 aromatic carbocycles. The first-order chi connectivity index (χ1) is 13.2. The number of hydrogen-bond acceptors (Lipinski definition) is 3. The number of carbonyl (C=O) groups excluding carboxylic acids is 1. The zero-order chi connectivity index (χ0) is 20.3. The van der Waals surface area contributed by atoms with Gasteiger partial charge < -0.3 is 5.32 Å². The Balaban J connectivity index is 1.59. The molecule has 1 amide bonds. The zero-order valence-corrected chi connectivity index (χ0v) is 18.5. The predicted molar refractivity (Wildman–Crippen MR) is 116 cm³/mol. The molecule has 1 saturated heterocycles. The van der Waals surface area contributed by atoms with E-state index in [0.29, 0.717) is 25.9 Å². The van der Waals surface area contributed by atoms with Gasteiger partial charge in [0.25, 0.3) is 0 Å². The van der Waals surface area contributed by atoms with Crippen molar-refractivity contribution in [3.8, 4) is 0 Å². The van der Waals surface area contributed by atoms with Crippen molar-refractivity contribution in [2.45, 2.75) is 32.4 Å². The third-order valence-electron chi connectivity index (χ3n) is 5.11. The minimum absolute atomic E-state index is 0.0220. The molecule has 0 saturated carbocycles. The molecule has 1 N–H and O–H groups in total. The fourth-order valence-electron chi connectivity index (χ4n) is 3.43. The number of benzene rings is 2. The van der Waals surface area contributed by atoms with E-state index in [1.165, 1.54) is 4.31 Å². The molecule has 0 atom stereocenters. The summed E-state index contributed by atoms with van der Waals surface area (Å²) in [7, 11) is -3.39. The molecule has 2 aromatic rings. The highest BCUT2D eigenvalue weighted by Crippen LogP contribution is 2.25. The smallest absolute Gasteiger partial charge is 0.227 e. The highest BCUT2D eigenvalue weighted by molar-refractivity contribution is 9.10. The van der Waals surface area contributed by atoms with Crippen molar-refractivity contribution in [3.05, 3.63) is 63.6 Å². The molecular weight excluding hydrogens is 440 g/mol. The van der Waals surface area contributed by atoms with Gasteiger partial charge in [-0.25, -0.2) is 12.7 Å². The van der Waals surface area contributed by atoms with Crippen LogP contribution in [0.1, 0.15) is 29.5 Å². The van der Waals surface area contributed by atoms with Crippen LogP contribution in [0.4, 0.5) is 5.69 Å². The molecule has 1 aliphatic rings. The summed E-state index contributed by atoms with van der Waals surface area (Å²) in [4.78, 5) is 12.6. The average Bonchev–Trinajstić information content (AvgIpc) is 2.64. The van der Waals surface area contributed by atoms with Gasteiger partial charge in [0, 0.05) is 29.2 Å². The Kier molecular flexibility index (Phi) is 6.58. The Morgan fingerprint density at radius 1 is 1.14 bits per heavy atom. The maximum absolute atomic E-state index is 12.7. The van der Waals surface area contributed by atoms with Crippen molar-refractivity contribution in [3.63, 3.8) is 0 Å². The molecule has 28 heavy (non-hydrogen) atoms. The maximum atomic E-state index is 12.7. The van der Waals surface area contributed by atoms with Crippen LogP contribution in [-0.2, 0) is 20.6 Å². The SMILES string of the molecule is Cc1ccc(C)c(NC(=O)C2CCN(S(=O)(=O)Cc3cccc(Br)c3)CC2)c1. The topological polar surface area (TPSA) is 66.5 Å². The number of hydrogen-bond donors (Lipinski definition) is 1.